The number of halogens is 1. The molecule has 2 unspecified atom stereocenters. The van der Waals surface area contributed by atoms with Crippen LogP contribution in [-0.4, -0.2) is 67.0 Å². The molecule has 2 amide bonds. The highest BCUT2D eigenvalue weighted by Crippen LogP contribution is 2.58. The Morgan fingerprint density at radius 2 is 1.74 bits per heavy atom. The number of para-hydroxylation sites is 2. The fourth-order valence-corrected chi connectivity index (χ4v) is 5.44. The number of carbonyl (C=O) groups is 2. The van der Waals surface area contributed by atoms with Crippen molar-refractivity contribution in [2.75, 3.05) is 44.2 Å². The molecule has 4 aliphatic rings. The Hall–Kier alpha value is -1.79. The third-order valence-electron chi connectivity index (χ3n) is 7.57. The van der Waals surface area contributed by atoms with E-state index in [4.69, 9.17) is 4.74 Å². The molecule has 4 fully saturated rings. The average Bonchev–Trinajstić information content (AvgIpc) is 3.12. The van der Waals surface area contributed by atoms with Gasteiger partial charge in [0.05, 0.1) is 23.1 Å². The number of ether oxygens (including phenoxy) is 1. The van der Waals surface area contributed by atoms with E-state index in [0.29, 0.717) is 12.6 Å². The normalized spacial score (nSPS) is 28.6. The molecule has 170 valence electrons. The number of carbonyl (C=O) groups excluding carboxylic acids is 2. The van der Waals surface area contributed by atoms with E-state index in [1.54, 1.807) is 0 Å². The van der Waals surface area contributed by atoms with Gasteiger partial charge in [0, 0.05) is 32.7 Å². The summed E-state index contributed by atoms with van der Waals surface area (Å²) in [5, 5.41) is 0. The van der Waals surface area contributed by atoms with Crippen LogP contribution in [-0.2, 0) is 9.59 Å². The van der Waals surface area contributed by atoms with E-state index < -0.39 is 0 Å². The van der Waals surface area contributed by atoms with Crippen LogP contribution < -0.4 is 9.64 Å². The number of hydrogen-bond donors (Lipinski definition) is 0. The molecule has 0 aromatic heterocycles. The van der Waals surface area contributed by atoms with Crippen molar-refractivity contribution < 1.29 is 14.3 Å². The van der Waals surface area contributed by atoms with Crippen LogP contribution in [0.15, 0.2) is 24.3 Å². The molecule has 1 aromatic rings. The summed E-state index contributed by atoms with van der Waals surface area (Å²) in [7, 11) is 0. The summed E-state index contributed by atoms with van der Waals surface area (Å²) in [6.45, 7) is 7.40. The van der Waals surface area contributed by atoms with Gasteiger partial charge in [0.25, 0.3) is 0 Å². The molecule has 5 rings (SSSR count). The second-order valence-electron chi connectivity index (χ2n) is 9.64. The fraction of sp³-hybridized carbons (Fsp3) is 0.667. The van der Waals surface area contributed by atoms with Gasteiger partial charge in [-0.15, -0.1) is 12.4 Å². The number of hydrogen-bond acceptors (Lipinski definition) is 5. The van der Waals surface area contributed by atoms with Crippen LogP contribution in [0.2, 0.25) is 0 Å². The minimum absolute atomic E-state index is 0. The first-order chi connectivity index (χ1) is 14.6. The largest absolute Gasteiger partial charge is 0.488 e. The van der Waals surface area contributed by atoms with Gasteiger partial charge in [0.15, 0.2) is 0 Å². The van der Waals surface area contributed by atoms with Crippen molar-refractivity contribution in [3.05, 3.63) is 24.3 Å². The van der Waals surface area contributed by atoms with E-state index in [-0.39, 0.29) is 35.6 Å². The lowest BCUT2D eigenvalue weighted by atomic mass is 10.1. The molecule has 2 saturated heterocycles. The summed E-state index contributed by atoms with van der Waals surface area (Å²) < 4.78 is 6.32. The second kappa shape index (κ2) is 8.99. The summed E-state index contributed by atoms with van der Waals surface area (Å²) in [5.74, 6) is 1.11. The molecule has 6 nitrogen and oxygen atoms in total. The van der Waals surface area contributed by atoms with Crippen molar-refractivity contribution in [2.45, 2.75) is 51.6 Å². The van der Waals surface area contributed by atoms with Crippen molar-refractivity contribution in [1.29, 1.82) is 0 Å². The van der Waals surface area contributed by atoms with Crippen molar-refractivity contribution in [2.24, 2.45) is 11.3 Å². The van der Waals surface area contributed by atoms with Gasteiger partial charge in [0.2, 0.25) is 11.8 Å². The van der Waals surface area contributed by atoms with Gasteiger partial charge in [-0.3, -0.25) is 19.4 Å². The molecule has 0 radical (unpaired) electrons. The Kier molecular flexibility index (Phi) is 6.50. The van der Waals surface area contributed by atoms with E-state index >= 15 is 0 Å². The summed E-state index contributed by atoms with van der Waals surface area (Å²) in [5.41, 5.74) is 0.848. The van der Waals surface area contributed by atoms with Crippen molar-refractivity contribution in [1.82, 2.24) is 9.80 Å². The van der Waals surface area contributed by atoms with E-state index in [1.165, 1.54) is 36.3 Å². The number of piperidine rings is 1. The standard InChI is InChI=1S/C24H33N3O3.ClH/c1-24-17-19(24)22(28)27(23(24)29)12-6-11-25-13-15-26(16-14-25)20-9-4-5-10-21(20)30-18-7-2-3-8-18;/h4-5,9-10,18-19H,2-3,6-8,11-17H2,1H3;1H. The molecule has 2 aliphatic heterocycles. The highest BCUT2D eigenvalue weighted by molar-refractivity contribution is 6.11. The van der Waals surface area contributed by atoms with Gasteiger partial charge in [-0.25, -0.2) is 0 Å². The van der Waals surface area contributed by atoms with E-state index in [0.717, 1.165) is 51.3 Å². The van der Waals surface area contributed by atoms with Crippen LogP contribution in [0.3, 0.4) is 0 Å². The molecule has 2 aliphatic carbocycles. The van der Waals surface area contributed by atoms with E-state index in [1.807, 2.05) is 6.92 Å². The predicted octanol–water partition coefficient (Wildman–Crippen LogP) is 3.34. The third-order valence-corrected chi connectivity index (χ3v) is 7.57. The lowest BCUT2D eigenvalue weighted by Crippen LogP contribution is -2.47. The third kappa shape index (κ3) is 4.29. The highest BCUT2D eigenvalue weighted by Gasteiger charge is 2.68. The van der Waals surface area contributed by atoms with Crippen molar-refractivity contribution in [3.8, 4) is 5.75 Å². The Labute approximate surface area is 191 Å². The van der Waals surface area contributed by atoms with Crippen molar-refractivity contribution >= 4 is 29.9 Å². The van der Waals surface area contributed by atoms with Crippen LogP contribution in [0.25, 0.3) is 0 Å². The van der Waals surface area contributed by atoms with Crippen LogP contribution in [0.1, 0.15) is 45.4 Å². The lowest BCUT2D eigenvalue weighted by molar-refractivity contribution is -0.142. The first-order valence-electron chi connectivity index (χ1n) is 11.6. The van der Waals surface area contributed by atoms with Crippen LogP contribution in [0.5, 0.6) is 5.75 Å². The SMILES string of the molecule is CC12CC1C(=O)N(CCCN1CCN(c3ccccc3OC3CCCC3)CC1)C2=O.Cl. The first kappa shape index (κ1) is 22.4. The van der Waals surface area contributed by atoms with Crippen LogP contribution >= 0.6 is 12.4 Å². The maximum atomic E-state index is 12.4. The molecule has 0 bridgehead atoms. The molecule has 2 saturated carbocycles. The van der Waals surface area contributed by atoms with Crippen LogP contribution in [0.4, 0.5) is 5.69 Å². The zero-order valence-corrected chi connectivity index (χ0v) is 19.2. The summed E-state index contributed by atoms with van der Waals surface area (Å²) in [6, 6.07) is 8.44. The Morgan fingerprint density at radius 1 is 1.03 bits per heavy atom. The smallest absolute Gasteiger partial charge is 0.235 e. The second-order valence-corrected chi connectivity index (χ2v) is 9.64. The van der Waals surface area contributed by atoms with Crippen molar-refractivity contribution in [3.63, 3.8) is 0 Å². The van der Waals surface area contributed by atoms with Gasteiger partial charge in [0.1, 0.15) is 5.75 Å². The molecular weight excluding hydrogens is 414 g/mol. The van der Waals surface area contributed by atoms with Crippen LogP contribution in [0, 0.1) is 11.3 Å². The number of nitrogens with zero attached hydrogens (tertiary/aromatic N) is 3. The zero-order valence-electron chi connectivity index (χ0n) is 18.4. The predicted molar refractivity (Wildman–Crippen MR) is 123 cm³/mol. The monoisotopic (exact) mass is 447 g/mol. The molecule has 0 spiro atoms. The first-order valence-corrected chi connectivity index (χ1v) is 11.6. The summed E-state index contributed by atoms with van der Waals surface area (Å²) >= 11 is 0. The number of amides is 2. The van der Waals surface area contributed by atoms with Gasteiger partial charge < -0.3 is 9.64 Å². The number of piperazine rings is 1. The number of rotatable bonds is 7. The maximum Gasteiger partial charge on any atom is 0.235 e. The molecular formula is C24H34ClN3O3. The number of fused-ring (bicyclic) bond motifs is 1. The zero-order chi connectivity index (χ0) is 20.7. The van der Waals surface area contributed by atoms with Gasteiger partial charge in [-0.1, -0.05) is 12.1 Å². The molecule has 1 aromatic carbocycles. The van der Waals surface area contributed by atoms with Gasteiger partial charge >= 0.3 is 0 Å². The lowest BCUT2D eigenvalue weighted by Gasteiger charge is -2.37. The topological polar surface area (TPSA) is 53.1 Å². The fourth-order valence-electron chi connectivity index (χ4n) is 5.44. The van der Waals surface area contributed by atoms with Gasteiger partial charge in [-0.05, 0) is 64.1 Å². The van der Waals surface area contributed by atoms with E-state index in [2.05, 4.69) is 34.1 Å². The van der Waals surface area contributed by atoms with Gasteiger partial charge in [-0.2, -0.15) is 0 Å². The van der Waals surface area contributed by atoms with E-state index in [9.17, 15) is 9.59 Å². The molecule has 31 heavy (non-hydrogen) atoms. The minimum Gasteiger partial charge on any atom is -0.488 e. The molecule has 7 heteroatoms. The minimum atomic E-state index is -0.364. The average molecular weight is 448 g/mol. The maximum absolute atomic E-state index is 12.4. The highest BCUT2D eigenvalue weighted by atomic mass is 35.5. The Bertz CT molecular complexity index is 820. The Balaban J connectivity index is 0.00000231. The molecule has 2 heterocycles. The molecule has 0 N–H and O–H groups in total. The number of anilines is 1. The number of likely N-dealkylation sites (tertiary alicyclic amines) is 1. The summed E-state index contributed by atoms with van der Waals surface area (Å²) in [6.07, 6.45) is 6.89. The number of benzene rings is 1. The molecule has 2 atom stereocenters. The Morgan fingerprint density at radius 3 is 2.42 bits per heavy atom. The summed E-state index contributed by atoms with van der Waals surface area (Å²) in [4.78, 5) is 31.1. The number of imide groups is 1. The quantitative estimate of drug-likeness (QED) is 0.600.